The molecular weight excluding hydrogens is 430 g/mol. The van der Waals surface area contributed by atoms with Gasteiger partial charge < -0.3 is 19.5 Å². The lowest BCUT2D eigenvalue weighted by Crippen LogP contribution is -2.36. The minimum atomic E-state index is -0.559. The highest BCUT2D eigenvalue weighted by Gasteiger charge is 2.42. The molecule has 2 atom stereocenters. The Kier molecular flexibility index (Phi) is 7.48. The van der Waals surface area contributed by atoms with Gasteiger partial charge in [-0.1, -0.05) is 48.5 Å². The summed E-state index contributed by atoms with van der Waals surface area (Å²) in [6.07, 6.45) is 1.09. The number of esters is 1. The maximum Gasteiger partial charge on any atom is 0.336 e. The highest BCUT2D eigenvalue weighted by Crippen LogP contribution is 2.47. The van der Waals surface area contributed by atoms with Gasteiger partial charge in [0.15, 0.2) is 5.78 Å². The number of benzene rings is 2. The monoisotopic (exact) mass is 461 g/mol. The van der Waals surface area contributed by atoms with Gasteiger partial charge in [0.05, 0.1) is 25.2 Å². The van der Waals surface area contributed by atoms with E-state index >= 15 is 0 Å². The van der Waals surface area contributed by atoms with Crippen LogP contribution in [0.5, 0.6) is 5.75 Å². The van der Waals surface area contributed by atoms with Crippen molar-refractivity contribution in [3.8, 4) is 5.75 Å². The van der Waals surface area contributed by atoms with Crippen molar-refractivity contribution in [2.24, 2.45) is 0 Å². The topological polar surface area (TPSA) is 73.9 Å². The fourth-order valence-electron chi connectivity index (χ4n) is 4.90. The largest absolute Gasteiger partial charge is 0.496 e. The van der Waals surface area contributed by atoms with Crippen LogP contribution in [0.3, 0.4) is 0 Å². The lowest BCUT2D eigenvalue weighted by molar-refractivity contribution is -0.140. The molecule has 2 aromatic carbocycles. The number of methoxy groups -OCH3 is 1. The molecule has 2 aliphatic rings. The van der Waals surface area contributed by atoms with Crippen LogP contribution < -0.4 is 10.1 Å². The van der Waals surface area contributed by atoms with Crippen LogP contribution in [0, 0.1) is 0 Å². The second-order valence-electron chi connectivity index (χ2n) is 8.50. The van der Waals surface area contributed by atoms with Gasteiger partial charge in [-0.2, -0.15) is 0 Å². The molecule has 6 heteroatoms. The lowest BCUT2D eigenvalue weighted by Gasteiger charge is -2.37. The molecular formula is C28H31NO5. The van der Waals surface area contributed by atoms with E-state index < -0.39 is 11.9 Å². The standard InChI is InChI=1S/C28H31NO5/c1-4-33-14-15-34-28(31)25-18(2)29-22-16-20(19-10-6-5-7-11-19)17-23(30)27(22)26(25)21-12-8-9-13-24(21)32-3/h5-13,20,26,29H,4,14-17H2,1-3H3/t20-,26-/m0/s1. The summed E-state index contributed by atoms with van der Waals surface area (Å²) >= 11 is 0. The van der Waals surface area contributed by atoms with Crippen molar-refractivity contribution in [1.29, 1.82) is 0 Å². The van der Waals surface area contributed by atoms with Crippen LogP contribution in [-0.4, -0.2) is 38.7 Å². The predicted molar refractivity (Wildman–Crippen MR) is 129 cm³/mol. The number of rotatable bonds is 8. The molecule has 6 nitrogen and oxygen atoms in total. The quantitative estimate of drug-likeness (QED) is 0.456. The van der Waals surface area contributed by atoms with E-state index in [0.29, 0.717) is 48.6 Å². The molecule has 0 aromatic heterocycles. The van der Waals surface area contributed by atoms with Crippen LogP contribution in [0.25, 0.3) is 0 Å². The van der Waals surface area contributed by atoms with Gasteiger partial charge in [-0.15, -0.1) is 0 Å². The van der Waals surface area contributed by atoms with Crippen LogP contribution in [0.15, 0.2) is 77.1 Å². The first-order chi connectivity index (χ1) is 16.5. The molecule has 4 rings (SSSR count). The Labute approximate surface area is 200 Å². The van der Waals surface area contributed by atoms with E-state index in [9.17, 15) is 9.59 Å². The maximum atomic E-state index is 13.6. The number of allylic oxidation sites excluding steroid dienone is 3. The molecule has 0 spiro atoms. The number of ether oxygens (including phenoxy) is 3. The molecule has 0 fully saturated rings. The molecule has 178 valence electrons. The van der Waals surface area contributed by atoms with E-state index in [0.717, 1.165) is 16.8 Å². The Balaban J connectivity index is 1.75. The fraction of sp³-hybridized carbons (Fsp3) is 0.357. The van der Waals surface area contributed by atoms with Gasteiger partial charge in [0.2, 0.25) is 0 Å². The van der Waals surface area contributed by atoms with Crippen molar-refractivity contribution in [2.75, 3.05) is 26.9 Å². The van der Waals surface area contributed by atoms with Crippen LogP contribution in [0.2, 0.25) is 0 Å². The molecule has 0 saturated carbocycles. The molecule has 1 heterocycles. The van der Waals surface area contributed by atoms with Crippen molar-refractivity contribution >= 4 is 11.8 Å². The summed E-state index contributed by atoms with van der Waals surface area (Å²) in [6.45, 7) is 4.79. The van der Waals surface area contributed by atoms with Crippen LogP contribution in [0.4, 0.5) is 0 Å². The normalized spacial score (nSPS) is 20.0. The highest BCUT2D eigenvalue weighted by atomic mass is 16.6. The SMILES string of the molecule is CCOCCOC(=O)C1=C(C)NC2=C(C(=O)C[C@@H](c3ccccc3)C2)[C@H]1c1ccccc1OC. The fourth-order valence-corrected chi connectivity index (χ4v) is 4.90. The van der Waals surface area contributed by atoms with E-state index in [1.165, 1.54) is 0 Å². The first kappa shape index (κ1) is 23.8. The maximum absolute atomic E-state index is 13.6. The summed E-state index contributed by atoms with van der Waals surface area (Å²) < 4.78 is 16.5. The first-order valence-electron chi connectivity index (χ1n) is 11.7. The Hall–Kier alpha value is -3.38. The Morgan fingerprint density at radius 3 is 2.50 bits per heavy atom. The van der Waals surface area contributed by atoms with Gasteiger partial charge in [-0.3, -0.25) is 4.79 Å². The van der Waals surface area contributed by atoms with Gasteiger partial charge in [0.1, 0.15) is 12.4 Å². The van der Waals surface area contributed by atoms with E-state index in [1.54, 1.807) is 7.11 Å². The van der Waals surface area contributed by atoms with E-state index in [-0.39, 0.29) is 18.3 Å². The van der Waals surface area contributed by atoms with E-state index in [2.05, 4.69) is 17.4 Å². The number of para-hydroxylation sites is 1. The summed E-state index contributed by atoms with van der Waals surface area (Å²) in [4.78, 5) is 26.9. The average Bonchev–Trinajstić information content (AvgIpc) is 2.86. The summed E-state index contributed by atoms with van der Waals surface area (Å²) in [5.41, 5.74) is 4.54. The Morgan fingerprint density at radius 2 is 1.76 bits per heavy atom. The summed E-state index contributed by atoms with van der Waals surface area (Å²) in [7, 11) is 1.60. The van der Waals surface area contributed by atoms with Crippen molar-refractivity contribution in [3.63, 3.8) is 0 Å². The van der Waals surface area contributed by atoms with Gasteiger partial charge in [-0.25, -0.2) is 4.79 Å². The zero-order valence-electron chi connectivity index (χ0n) is 19.9. The second-order valence-corrected chi connectivity index (χ2v) is 8.50. The van der Waals surface area contributed by atoms with E-state index in [4.69, 9.17) is 14.2 Å². The lowest BCUT2D eigenvalue weighted by atomic mass is 9.71. The third-order valence-electron chi connectivity index (χ3n) is 6.43. The summed E-state index contributed by atoms with van der Waals surface area (Å²) in [5.74, 6) is -0.260. The Bertz CT molecular complexity index is 1120. The molecule has 2 aromatic rings. The van der Waals surface area contributed by atoms with Crippen LogP contribution >= 0.6 is 0 Å². The number of ketones is 1. The third-order valence-corrected chi connectivity index (χ3v) is 6.43. The van der Waals surface area contributed by atoms with Crippen molar-refractivity contribution < 1.29 is 23.8 Å². The zero-order chi connectivity index (χ0) is 24.1. The van der Waals surface area contributed by atoms with Crippen molar-refractivity contribution in [1.82, 2.24) is 5.32 Å². The molecule has 0 amide bonds. The van der Waals surface area contributed by atoms with Crippen molar-refractivity contribution in [2.45, 2.75) is 38.5 Å². The van der Waals surface area contributed by atoms with Crippen LogP contribution in [0.1, 0.15) is 49.7 Å². The van der Waals surface area contributed by atoms with Gasteiger partial charge in [-0.05, 0) is 37.8 Å². The number of carbonyl (C=O) groups is 2. The summed E-state index contributed by atoms with van der Waals surface area (Å²) in [5, 5.41) is 3.38. The molecule has 0 unspecified atom stereocenters. The third kappa shape index (κ3) is 4.77. The van der Waals surface area contributed by atoms with Crippen LogP contribution in [-0.2, 0) is 19.1 Å². The molecule has 0 radical (unpaired) electrons. The predicted octanol–water partition coefficient (Wildman–Crippen LogP) is 4.64. The Morgan fingerprint density at radius 1 is 1.03 bits per heavy atom. The van der Waals surface area contributed by atoms with Crippen molar-refractivity contribution in [3.05, 3.63) is 88.3 Å². The number of Topliss-reactive ketones (excluding diaryl/α,β-unsaturated/α-hetero) is 1. The first-order valence-corrected chi connectivity index (χ1v) is 11.7. The number of hydrogen-bond acceptors (Lipinski definition) is 6. The van der Waals surface area contributed by atoms with Gasteiger partial charge in [0.25, 0.3) is 0 Å². The molecule has 1 aliphatic heterocycles. The van der Waals surface area contributed by atoms with E-state index in [1.807, 2.05) is 56.3 Å². The number of dihydropyridines is 1. The number of nitrogens with one attached hydrogen (secondary N) is 1. The zero-order valence-corrected chi connectivity index (χ0v) is 19.9. The summed E-state index contributed by atoms with van der Waals surface area (Å²) in [6, 6.07) is 17.6. The highest BCUT2D eigenvalue weighted by molar-refractivity contribution is 6.04. The molecule has 34 heavy (non-hydrogen) atoms. The molecule has 1 N–H and O–H groups in total. The number of carbonyl (C=O) groups excluding carboxylic acids is 2. The van der Waals surface area contributed by atoms with Gasteiger partial charge >= 0.3 is 5.97 Å². The average molecular weight is 462 g/mol. The number of hydrogen-bond donors (Lipinski definition) is 1. The minimum Gasteiger partial charge on any atom is -0.496 e. The molecule has 1 aliphatic carbocycles. The smallest absolute Gasteiger partial charge is 0.336 e. The molecule has 0 saturated heterocycles. The van der Waals surface area contributed by atoms with Gasteiger partial charge in [0, 0.05) is 35.6 Å². The molecule has 0 bridgehead atoms. The second kappa shape index (κ2) is 10.7. The minimum absolute atomic E-state index is 0.0330.